The van der Waals surface area contributed by atoms with E-state index >= 15 is 0 Å². The van der Waals surface area contributed by atoms with Crippen LogP contribution in [0.1, 0.15) is 0 Å². The van der Waals surface area contributed by atoms with Crippen molar-refractivity contribution >= 4 is 28.0 Å². The minimum absolute atomic E-state index is 0.889. The maximum atomic E-state index is 3.88. The summed E-state index contributed by atoms with van der Waals surface area (Å²) in [6.07, 6.45) is 12.9. The zero-order chi connectivity index (χ0) is 19.3. The first-order chi connectivity index (χ1) is 13.9. The largest absolute Gasteiger partial charge is 0.289 e. The van der Waals surface area contributed by atoms with E-state index in [-0.39, 0.29) is 0 Å². The number of nitrogens with zero attached hydrogens (tertiary/aromatic N) is 4. The molecule has 1 aliphatic heterocycles. The van der Waals surface area contributed by atoms with Gasteiger partial charge in [0, 0.05) is 29.4 Å². The number of rotatable bonds is 0. The number of aromatic amines is 3. The quantitative estimate of drug-likeness (QED) is 0.381. The lowest BCUT2D eigenvalue weighted by Gasteiger charge is -1.81. The smallest absolute Gasteiger partial charge is 0.0650 e. The molecule has 0 radical (unpaired) electrons. The third-order valence-electron chi connectivity index (χ3n) is 3.64. The van der Waals surface area contributed by atoms with Crippen molar-refractivity contribution in [2.45, 2.75) is 0 Å². The Labute approximate surface area is 162 Å². The normalized spacial score (nSPS) is 11.1. The molecule has 7 heteroatoms. The molecule has 0 saturated heterocycles. The van der Waals surface area contributed by atoms with Crippen LogP contribution in [0.25, 0.3) is 21.8 Å². The molecule has 6 rings (SSSR count). The van der Waals surface area contributed by atoms with Crippen molar-refractivity contribution in [3.8, 4) is 0 Å². The first-order valence-electron chi connectivity index (χ1n) is 8.78. The van der Waals surface area contributed by atoms with E-state index in [1.165, 1.54) is 0 Å². The van der Waals surface area contributed by atoms with Crippen molar-refractivity contribution < 1.29 is 0 Å². The maximum Gasteiger partial charge on any atom is 0.0650 e. The average molecular weight is 371 g/mol. The van der Waals surface area contributed by atoms with E-state index in [0.29, 0.717) is 0 Å². The van der Waals surface area contributed by atoms with Crippen LogP contribution in [0.2, 0.25) is 0 Å². The Morgan fingerprint density at radius 3 is 1.71 bits per heavy atom. The van der Waals surface area contributed by atoms with E-state index in [2.05, 4.69) is 35.6 Å². The van der Waals surface area contributed by atoms with Gasteiger partial charge < -0.3 is 0 Å². The number of para-hydroxylation sites is 2. The lowest BCUT2D eigenvalue weighted by Crippen LogP contribution is -1.63. The molecule has 28 heavy (non-hydrogen) atoms. The van der Waals surface area contributed by atoms with E-state index in [1.807, 2.05) is 79.1 Å². The molecule has 0 spiro atoms. The van der Waals surface area contributed by atoms with E-state index in [1.54, 1.807) is 18.6 Å². The predicted octanol–water partition coefficient (Wildman–Crippen LogP) is 4.16. The van der Waals surface area contributed by atoms with Crippen LogP contribution in [-0.2, 0) is 0 Å². The van der Waals surface area contributed by atoms with E-state index in [0.717, 1.165) is 28.4 Å². The highest BCUT2D eigenvalue weighted by atomic mass is 15.1. The van der Waals surface area contributed by atoms with Gasteiger partial charge in [-0.3, -0.25) is 20.3 Å². The van der Waals surface area contributed by atoms with Crippen molar-refractivity contribution in [3.63, 3.8) is 0 Å². The van der Waals surface area contributed by atoms with Crippen molar-refractivity contribution in [2.75, 3.05) is 6.54 Å². The van der Waals surface area contributed by atoms with Crippen molar-refractivity contribution in [2.24, 2.45) is 4.99 Å². The third kappa shape index (κ3) is 6.06. The molecule has 3 aromatic heterocycles. The monoisotopic (exact) mass is 371 g/mol. The summed E-state index contributed by atoms with van der Waals surface area (Å²) in [5.41, 5.74) is 2.19. The van der Waals surface area contributed by atoms with Gasteiger partial charge in [-0.15, -0.1) is 0 Å². The zero-order valence-electron chi connectivity index (χ0n) is 15.2. The van der Waals surface area contributed by atoms with E-state index < -0.39 is 0 Å². The highest BCUT2D eigenvalue weighted by molar-refractivity contribution is 5.77. The fourth-order valence-corrected chi connectivity index (χ4v) is 2.28. The zero-order valence-corrected chi connectivity index (χ0v) is 15.2. The standard InChI is InChI=1S/2C7H6N2.C4H5N.C3H4N2/c2*1-2-4-7-6(3-1)5-8-9-7;2*1-2-4-5-3-1/h2*1-5H,(H,8,9);1-3H,4H2;1-3H,(H,4,5). The van der Waals surface area contributed by atoms with Crippen LogP contribution in [0.5, 0.6) is 0 Å². The molecule has 0 unspecified atom stereocenters. The predicted molar refractivity (Wildman–Crippen MR) is 113 cm³/mol. The number of benzene rings is 2. The summed E-state index contributed by atoms with van der Waals surface area (Å²) in [7, 11) is 0. The summed E-state index contributed by atoms with van der Waals surface area (Å²) in [5.74, 6) is 0. The van der Waals surface area contributed by atoms with Crippen LogP contribution in [0, 0.1) is 0 Å². The van der Waals surface area contributed by atoms with Gasteiger partial charge in [-0.1, -0.05) is 42.5 Å². The first-order valence-corrected chi connectivity index (χ1v) is 8.78. The number of H-pyrrole nitrogens is 3. The fourth-order valence-electron chi connectivity index (χ4n) is 2.28. The number of allylic oxidation sites excluding steroid dienone is 1. The molecule has 2 aromatic carbocycles. The third-order valence-corrected chi connectivity index (χ3v) is 3.64. The van der Waals surface area contributed by atoms with Crippen molar-refractivity contribution in [1.29, 1.82) is 0 Å². The molecule has 0 fully saturated rings. The molecule has 140 valence electrons. The molecule has 5 aromatic rings. The Morgan fingerprint density at radius 2 is 1.36 bits per heavy atom. The number of fused-ring (bicyclic) bond motifs is 2. The van der Waals surface area contributed by atoms with Crippen LogP contribution in [-0.4, -0.2) is 43.4 Å². The molecule has 4 heterocycles. The molecule has 0 bridgehead atoms. The SMILES string of the molecule is C1=CCN=C1.c1ccc2[nH]ncc2c1.c1ccc2[nH]ncc2c1.c1cn[nH]c1. The first kappa shape index (κ1) is 18.8. The Kier molecular flexibility index (Phi) is 7.29. The highest BCUT2D eigenvalue weighted by Gasteiger charge is 1.88. The van der Waals surface area contributed by atoms with Gasteiger partial charge in [-0.25, -0.2) is 0 Å². The van der Waals surface area contributed by atoms with Gasteiger partial charge in [0.1, 0.15) is 0 Å². The Bertz CT molecular complexity index is 950. The van der Waals surface area contributed by atoms with Gasteiger partial charge in [0.25, 0.3) is 0 Å². The summed E-state index contributed by atoms with van der Waals surface area (Å²) in [6, 6.07) is 17.9. The van der Waals surface area contributed by atoms with Crippen molar-refractivity contribution in [1.82, 2.24) is 30.6 Å². The van der Waals surface area contributed by atoms with Gasteiger partial charge in [0.15, 0.2) is 0 Å². The lowest BCUT2D eigenvalue weighted by atomic mass is 10.3. The minimum atomic E-state index is 0.889. The minimum Gasteiger partial charge on any atom is -0.289 e. The Balaban J connectivity index is 0.000000112. The number of hydrogen-bond acceptors (Lipinski definition) is 4. The summed E-state index contributed by atoms with van der Waals surface area (Å²) >= 11 is 0. The number of nitrogens with one attached hydrogen (secondary N) is 3. The van der Waals surface area contributed by atoms with Gasteiger partial charge in [0.2, 0.25) is 0 Å². The Morgan fingerprint density at radius 1 is 0.714 bits per heavy atom. The summed E-state index contributed by atoms with van der Waals surface area (Å²) in [4.78, 5) is 3.85. The van der Waals surface area contributed by atoms with Crippen LogP contribution in [0.4, 0.5) is 0 Å². The number of aromatic nitrogens is 6. The summed E-state index contributed by atoms with van der Waals surface area (Å²) in [6.45, 7) is 0.889. The number of aliphatic imine (C=N–C) groups is 1. The Hall–Kier alpha value is -4.00. The van der Waals surface area contributed by atoms with Gasteiger partial charge in [-0.2, -0.15) is 15.3 Å². The second-order valence-electron chi connectivity index (χ2n) is 5.62. The van der Waals surface area contributed by atoms with Crippen LogP contribution in [0.15, 0.2) is 96.5 Å². The highest BCUT2D eigenvalue weighted by Crippen LogP contribution is 2.07. The molecule has 1 aliphatic rings. The lowest BCUT2D eigenvalue weighted by molar-refractivity contribution is 1.09. The average Bonchev–Trinajstić information content (AvgIpc) is 3.56. The topological polar surface area (TPSA) is 98.4 Å². The number of hydrogen-bond donors (Lipinski definition) is 3. The molecule has 3 N–H and O–H groups in total. The van der Waals surface area contributed by atoms with Gasteiger partial charge in [0.05, 0.1) is 30.0 Å². The molecule has 0 saturated carbocycles. The maximum absolute atomic E-state index is 3.88. The van der Waals surface area contributed by atoms with E-state index in [4.69, 9.17) is 0 Å². The molecule has 0 atom stereocenters. The molecule has 0 aliphatic carbocycles. The molecule has 0 amide bonds. The van der Waals surface area contributed by atoms with E-state index in [9.17, 15) is 0 Å². The fraction of sp³-hybridized carbons (Fsp3) is 0.0476. The van der Waals surface area contributed by atoms with Gasteiger partial charge >= 0.3 is 0 Å². The molecule has 7 nitrogen and oxygen atoms in total. The van der Waals surface area contributed by atoms with Crippen molar-refractivity contribution in [3.05, 3.63) is 91.5 Å². The second-order valence-corrected chi connectivity index (χ2v) is 5.62. The van der Waals surface area contributed by atoms with Crippen LogP contribution in [0.3, 0.4) is 0 Å². The molecular weight excluding hydrogens is 350 g/mol. The second kappa shape index (κ2) is 10.9. The summed E-state index contributed by atoms with van der Waals surface area (Å²) in [5, 5.41) is 22.0. The van der Waals surface area contributed by atoms with Crippen LogP contribution < -0.4 is 0 Å². The summed E-state index contributed by atoms with van der Waals surface area (Å²) < 4.78 is 0. The molecular formula is C21H21N7. The van der Waals surface area contributed by atoms with Crippen LogP contribution >= 0.6 is 0 Å². The van der Waals surface area contributed by atoms with Gasteiger partial charge in [-0.05, 0) is 24.3 Å².